The van der Waals surface area contributed by atoms with Crippen LogP contribution in [0.1, 0.15) is 19.3 Å². The Bertz CT molecular complexity index is 556. The monoisotopic (exact) mass is 282 g/mol. The number of anilines is 1. The highest BCUT2D eigenvalue weighted by Crippen LogP contribution is 2.30. The summed E-state index contributed by atoms with van der Waals surface area (Å²) in [6.07, 6.45) is 7.69. The van der Waals surface area contributed by atoms with Gasteiger partial charge in [0.2, 0.25) is 5.95 Å². The zero-order chi connectivity index (χ0) is 12.5. The van der Waals surface area contributed by atoms with E-state index in [1.807, 2.05) is 23.9 Å². The maximum absolute atomic E-state index is 5.93. The fourth-order valence-corrected chi connectivity index (χ4v) is 3.55. The lowest BCUT2D eigenvalue weighted by Crippen LogP contribution is -2.26. The van der Waals surface area contributed by atoms with Crippen LogP contribution in [-0.4, -0.2) is 32.1 Å². The third-order valence-electron chi connectivity index (χ3n) is 3.36. The topological polar surface area (TPSA) is 42.2 Å². The molecule has 0 amide bonds. The molecule has 18 heavy (non-hydrogen) atoms. The zero-order valence-electron chi connectivity index (χ0n) is 10.1. The summed E-state index contributed by atoms with van der Waals surface area (Å²) in [5.41, 5.74) is 0.820. The Morgan fingerprint density at radius 1 is 1.44 bits per heavy atom. The molecular weight excluding hydrogens is 268 g/mol. The standard InChI is InChI=1S/C12H15ClN4S/c1-18-10-4-2-3-9(10)14-12-15-11-6-5-8(13)7-17(11)16-12/h5-7,9-10H,2-4H2,1H3,(H,14,16). The predicted molar refractivity (Wildman–Crippen MR) is 76.6 cm³/mol. The first-order chi connectivity index (χ1) is 8.76. The van der Waals surface area contributed by atoms with Crippen LogP contribution in [0.3, 0.4) is 0 Å². The maximum Gasteiger partial charge on any atom is 0.243 e. The van der Waals surface area contributed by atoms with Gasteiger partial charge in [0.1, 0.15) is 0 Å². The molecular formula is C12H15ClN4S. The molecule has 2 unspecified atom stereocenters. The number of pyridine rings is 1. The summed E-state index contributed by atoms with van der Waals surface area (Å²) in [7, 11) is 0. The number of thioether (sulfide) groups is 1. The van der Waals surface area contributed by atoms with E-state index in [1.54, 1.807) is 10.7 Å². The second-order valence-corrected chi connectivity index (χ2v) is 6.05. The number of nitrogens with one attached hydrogen (secondary N) is 1. The van der Waals surface area contributed by atoms with E-state index in [0.717, 1.165) is 5.65 Å². The lowest BCUT2D eigenvalue weighted by Gasteiger charge is -2.17. The van der Waals surface area contributed by atoms with Crippen molar-refractivity contribution in [2.75, 3.05) is 11.6 Å². The molecule has 1 saturated carbocycles. The first-order valence-corrected chi connectivity index (χ1v) is 7.74. The number of fused-ring (bicyclic) bond motifs is 1. The highest BCUT2D eigenvalue weighted by atomic mass is 35.5. The molecule has 3 rings (SSSR count). The van der Waals surface area contributed by atoms with Gasteiger partial charge in [0.15, 0.2) is 5.65 Å². The Labute approximate surface area is 115 Å². The molecule has 0 saturated heterocycles. The Morgan fingerprint density at radius 3 is 3.17 bits per heavy atom. The summed E-state index contributed by atoms with van der Waals surface area (Å²) >= 11 is 7.85. The van der Waals surface area contributed by atoms with E-state index >= 15 is 0 Å². The Kier molecular flexibility index (Phi) is 3.35. The smallest absolute Gasteiger partial charge is 0.243 e. The minimum absolute atomic E-state index is 0.480. The van der Waals surface area contributed by atoms with Crippen LogP contribution >= 0.6 is 23.4 Å². The van der Waals surface area contributed by atoms with Crippen LogP contribution in [-0.2, 0) is 0 Å². The van der Waals surface area contributed by atoms with Crippen LogP contribution in [0.4, 0.5) is 5.95 Å². The lowest BCUT2D eigenvalue weighted by molar-refractivity contribution is 0.755. The van der Waals surface area contributed by atoms with Crippen LogP contribution in [0, 0.1) is 0 Å². The van der Waals surface area contributed by atoms with Gasteiger partial charge in [-0.2, -0.15) is 16.7 Å². The van der Waals surface area contributed by atoms with Crippen molar-refractivity contribution in [1.29, 1.82) is 0 Å². The molecule has 0 radical (unpaired) electrons. The van der Waals surface area contributed by atoms with Gasteiger partial charge in [-0.1, -0.05) is 18.0 Å². The molecule has 1 N–H and O–H groups in total. The molecule has 4 nitrogen and oxygen atoms in total. The number of aromatic nitrogens is 3. The Balaban J connectivity index is 1.82. The zero-order valence-corrected chi connectivity index (χ0v) is 11.7. The van der Waals surface area contributed by atoms with Crippen molar-refractivity contribution in [3.63, 3.8) is 0 Å². The Hall–Kier alpha value is -0.940. The fourth-order valence-electron chi connectivity index (χ4n) is 2.46. The third kappa shape index (κ3) is 2.29. The molecule has 1 aliphatic rings. The van der Waals surface area contributed by atoms with E-state index in [-0.39, 0.29) is 0 Å². The second kappa shape index (κ2) is 4.97. The predicted octanol–water partition coefficient (Wildman–Crippen LogP) is 3.08. The minimum atomic E-state index is 0.480. The van der Waals surface area contributed by atoms with Crippen molar-refractivity contribution in [3.05, 3.63) is 23.4 Å². The average molecular weight is 283 g/mol. The molecule has 0 aliphatic heterocycles. The summed E-state index contributed by atoms with van der Waals surface area (Å²) < 4.78 is 1.72. The highest BCUT2D eigenvalue weighted by Gasteiger charge is 2.27. The van der Waals surface area contributed by atoms with E-state index in [4.69, 9.17) is 11.6 Å². The quantitative estimate of drug-likeness (QED) is 0.939. The summed E-state index contributed by atoms with van der Waals surface area (Å²) in [5.74, 6) is 0.697. The molecule has 2 atom stereocenters. The van der Waals surface area contributed by atoms with Gasteiger partial charge < -0.3 is 5.32 Å². The van der Waals surface area contributed by atoms with Gasteiger partial charge in [-0.25, -0.2) is 4.52 Å². The van der Waals surface area contributed by atoms with Gasteiger partial charge >= 0.3 is 0 Å². The second-order valence-electron chi connectivity index (χ2n) is 4.54. The minimum Gasteiger partial charge on any atom is -0.349 e. The SMILES string of the molecule is CSC1CCCC1Nc1nc2ccc(Cl)cn2n1. The van der Waals surface area contributed by atoms with Crippen molar-refractivity contribution < 1.29 is 0 Å². The first-order valence-electron chi connectivity index (χ1n) is 6.07. The molecule has 0 spiro atoms. The summed E-state index contributed by atoms with van der Waals surface area (Å²) in [6.45, 7) is 0. The summed E-state index contributed by atoms with van der Waals surface area (Å²) in [6, 6.07) is 4.18. The molecule has 0 aromatic carbocycles. The maximum atomic E-state index is 5.93. The van der Waals surface area contributed by atoms with Crippen molar-refractivity contribution in [1.82, 2.24) is 14.6 Å². The number of hydrogen-bond acceptors (Lipinski definition) is 4. The third-order valence-corrected chi connectivity index (χ3v) is 4.76. The molecule has 2 aromatic rings. The van der Waals surface area contributed by atoms with Gasteiger partial charge in [-0.3, -0.25) is 0 Å². The van der Waals surface area contributed by atoms with Crippen molar-refractivity contribution >= 4 is 35.0 Å². The fraction of sp³-hybridized carbons (Fsp3) is 0.500. The first kappa shape index (κ1) is 12.1. The van der Waals surface area contributed by atoms with Gasteiger partial charge in [0.25, 0.3) is 0 Å². The summed E-state index contributed by atoms with van der Waals surface area (Å²) in [4.78, 5) is 4.46. The van der Waals surface area contributed by atoms with Crippen molar-refractivity contribution in [3.8, 4) is 0 Å². The van der Waals surface area contributed by atoms with E-state index in [9.17, 15) is 0 Å². The van der Waals surface area contributed by atoms with Crippen molar-refractivity contribution in [2.24, 2.45) is 0 Å². The molecule has 1 aliphatic carbocycles. The van der Waals surface area contributed by atoms with Gasteiger partial charge in [-0.15, -0.1) is 5.10 Å². The molecule has 2 heterocycles. The van der Waals surface area contributed by atoms with Gasteiger partial charge in [0.05, 0.1) is 5.02 Å². The van der Waals surface area contributed by atoms with E-state index < -0.39 is 0 Å². The average Bonchev–Trinajstić information content (AvgIpc) is 2.94. The number of nitrogens with zero attached hydrogens (tertiary/aromatic N) is 3. The van der Waals surface area contributed by atoms with E-state index in [0.29, 0.717) is 22.3 Å². The molecule has 2 aromatic heterocycles. The normalized spacial score (nSPS) is 23.7. The van der Waals surface area contributed by atoms with E-state index in [1.165, 1.54) is 19.3 Å². The highest BCUT2D eigenvalue weighted by molar-refractivity contribution is 7.99. The van der Waals surface area contributed by atoms with Crippen LogP contribution in [0.2, 0.25) is 5.02 Å². The van der Waals surface area contributed by atoms with Crippen LogP contribution < -0.4 is 5.32 Å². The Morgan fingerprint density at radius 2 is 2.33 bits per heavy atom. The van der Waals surface area contributed by atoms with E-state index in [2.05, 4.69) is 21.7 Å². The van der Waals surface area contributed by atoms with Gasteiger partial charge in [-0.05, 0) is 31.2 Å². The number of hydrogen-bond donors (Lipinski definition) is 1. The molecule has 6 heteroatoms. The van der Waals surface area contributed by atoms with Crippen LogP contribution in [0.5, 0.6) is 0 Å². The molecule has 0 bridgehead atoms. The van der Waals surface area contributed by atoms with Crippen molar-refractivity contribution in [2.45, 2.75) is 30.6 Å². The van der Waals surface area contributed by atoms with Crippen LogP contribution in [0.15, 0.2) is 18.3 Å². The number of halogens is 1. The lowest BCUT2D eigenvalue weighted by atomic mass is 10.2. The molecule has 1 fully saturated rings. The largest absolute Gasteiger partial charge is 0.349 e. The molecule has 96 valence electrons. The number of rotatable bonds is 3. The van der Waals surface area contributed by atoms with Crippen LogP contribution in [0.25, 0.3) is 5.65 Å². The van der Waals surface area contributed by atoms with Gasteiger partial charge in [0, 0.05) is 17.5 Å². The summed E-state index contributed by atoms with van der Waals surface area (Å²) in [5, 5.41) is 9.19.